The summed E-state index contributed by atoms with van der Waals surface area (Å²) in [4.78, 5) is 48.4. The van der Waals surface area contributed by atoms with Crippen LogP contribution in [0.4, 0.5) is 4.79 Å². The lowest BCUT2D eigenvalue weighted by atomic mass is 10.1. The number of nitrogens with one attached hydrogen (secondary N) is 1. The van der Waals surface area contributed by atoms with E-state index in [4.69, 9.17) is 16.3 Å². The van der Waals surface area contributed by atoms with E-state index in [1.54, 1.807) is 31.3 Å². The molecule has 0 saturated heterocycles. The van der Waals surface area contributed by atoms with E-state index >= 15 is 0 Å². The number of alkyl halides is 1. The zero-order valence-electron chi connectivity index (χ0n) is 17.7. The molecule has 0 aromatic heterocycles. The lowest BCUT2D eigenvalue weighted by Gasteiger charge is -2.20. The fraction of sp³-hybridized carbons (Fsp3) is 0.273. The van der Waals surface area contributed by atoms with Crippen molar-refractivity contribution in [1.29, 1.82) is 0 Å². The number of nitrogens with zero attached hydrogens (tertiary/aromatic N) is 2. The zero-order chi connectivity index (χ0) is 23.5. The van der Waals surface area contributed by atoms with Gasteiger partial charge in [-0.15, -0.1) is 11.6 Å². The van der Waals surface area contributed by atoms with Gasteiger partial charge in [0.25, 0.3) is 5.91 Å². The highest BCUT2D eigenvalue weighted by Crippen LogP contribution is 2.18. The number of hydrogen-bond donors (Lipinski definition) is 1. The van der Waals surface area contributed by atoms with E-state index in [-0.39, 0.29) is 41.4 Å². The summed E-state index contributed by atoms with van der Waals surface area (Å²) >= 11 is 6.41. The number of carbonyl (C=O) groups is 4. The second-order valence-corrected chi connectivity index (χ2v) is 8.12. The molecule has 0 aliphatic carbocycles. The van der Waals surface area contributed by atoms with E-state index in [1.165, 1.54) is 16.1 Å². The predicted molar refractivity (Wildman–Crippen MR) is 123 cm³/mol. The Bertz CT molecular complexity index is 955. The fourth-order valence-electron chi connectivity index (χ4n) is 2.65. The summed E-state index contributed by atoms with van der Waals surface area (Å²) in [6, 6.07) is 13.9. The van der Waals surface area contributed by atoms with Crippen molar-refractivity contribution in [2.24, 2.45) is 0 Å². The van der Waals surface area contributed by atoms with Gasteiger partial charge in [0.2, 0.25) is 6.41 Å². The van der Waals surface area contributed by atoms with Gasteiger partial charge in [0.05, 0.1) is 17.5 Å². The average molecular weight is 478 g/mol. The zero-order valence-corrected chi connectivity index (χ0v) is 19.3. The SMILES string of the molecule is CC(=O)Oc1ccccc1C(=O)NCc1ccc(CN(C)C(=O)SN(C=O)CCCl)cc1. The lowest BCUT2D eigenvalue weighted by molar-refractivity contribution is -0.131. The van der Waals surface area contributed by atoms with E-state index in [0.29, 0.717) is 13.0 Å². The summed E-state index contributed by atoms with van der Waals surface area (Å²) in [5.41, 5.74) is 2.03. The minimum Gasteiger partial charge on any atom is -0.426 e. The highest BCUT2D eigenvalue weighted by Gasteiger charge is 2.15. The summed E-state index contributed by atoms with van der Waals surface area (Å²) in [6.07, 6.45) is 0.576. The Kier molecular flexibility index (Phi) is 10.0. The maximum absolute atomic E-state index is 12.5. The first-order valence-electron chi connectivity index (χ1n) is 9.68. The van der Waals surface area contributed by atoms with Gasteiger partial charge in [0.15, 0.2) is 0 Å². The van der Waals surface area contributed by atoms with Crippen molar-refractivity contribution >= 4 is 47.1 Å². The van der Waals surface area contributed by atoms with E-state index in [0.717, 1.165) is 23.1 Å². The highest BCUT2D eigenvalue weighted by atomic mass is 35.5. The van der Waals surface area contributed by atoms with Crippen LogP contribution in [0, 0.1) is 0 Å². The topological polar surface area (TPSA) is 96.0 Å². The standard InChI is InChI=1S/C22H24ClN3O5S/c1-16(28)31-20-6-4-3-5-19(20)21(29)24-13-17-7-9-18(10-8-17)14-25(2)22(30)32-26(15-27)12-11-23/h3-10,15H,11-14H2,1-2H3,(H,24,29). The van der Waals surface area contributed by atoms with Crippen molar-refractivity contribution in [2.45, 2.75) is 20.0 Å². The van der Waals surface area contributed by atoms with Crippen molar-refractivity contribution in [2.75, 3.05) is 19.5 Å². The molecule has 0 atom stereocenters. The van der Waals surface area contributed by atoms with Crippen molar-refractivity contribution < 1.29 is 23.9 Å². The van der Waals surface area contributed by atoms with Crippen molar-refractivity contribution in [1.82, 2.24) is 14.5 Å². The van der Waals surface area contributed by atoms with Crippen LogP contribution in [0.15, 0.2) is 48.5 Å². The third kappa shape index (κ3) is 7.90. The number of hydrogen-bond acceptors (Lipinski definition) is 6. The van der Waals surface area contributed by atoms with E-state index in [1.807, 2.05) is 24.3 Å². The Hall–Kier alpha value is -3.04. The van der Waals surface area contributed by atoms with Crippen molar-refractivity contribution in [3.63, 3.8) is 0 Å². The molecule has 10 heteroatoms. The van der Waals surface area contributed by atoms with Crippen LogP contribution in [0.1, 0.15) is 28.4 Å². The highest BCUT2D eigenvalue weighted by molar-refractivity contribution is 8.11. The monoisotopic (exact) mass is 477 g/mol. The molecule has 32 heavy (non-hydrogen) atoms. The molecule has 2 aromatic rings. The maximum atomic E-state index is 12.5. The predicted octanol–water partition coefficient (Wildman–Crippen LogP) is 3.44. The van der Waals surface area contributed by atoms with Gasteiger partial charge in [-0.1, -0.05) is 36.4 Å². The third-order valence-electron chi connectivity index (χ3n) is 4.21. The second kappa shape index (κ2) is 12.7. The summed E-state index contributed by atoms with van der Waals surface area (Å²) in [5, 5.41) is 2.53. The first-order chi connectivity index (χ1) is 15.3. The Morgan fingerprint density at radius 3 is 2.38 bits per heavy atom. The van der Waals surface area contributed by atoms with E-state index in [9.17, 15) is 19.2 Å². The van der Waals surface area contributed by atoms with Crippen LogP contribution in [-0.2, 0) is 22.7 Å². The Morgan fingerprint density at radius 2 is 1.75 bits per heavy atom. The molecule has 0 aliphatic rings. The van der Waals surface area contributed by atoms with E-state index in [2.05, 4.69) is 5.32 Å². The minimum atomic E-state index is -0.499. The van der Waals surface area contributed by atoms with Crippen LogP contribution >= 0.6 is 23.5 Å². The summed E-state index contributed by atoms with van der Waals surface area (Å²) in [6.45, 7) is 2.20. The number of ether oxygens (including phenoxy) is 1. The molecule has 0 heterocycles. The van der Waals surface area contributed by atoms with Crippen LogP contribution in [0.3, 0.4) is 0 Å². The van der Waals surface area contributed by atoms with Crippen LogP contribution in [0.25, 0.3) is 0 Å². The summed E-state index contributed by atoms with van der Waals surface area (Å²) < 4.78 is 6.32. The molecule has 0 bridgehead atoms. The molecule has 2 aromatic carbocycles. The normalized spacial score (nSPS) is 10.2. The molecule has 2 rings (SSSR count). The van der Waals surface area contributed by atoms with Gasteiger partial charge in [0.1, 0.15) is 5.75 Å². The third-order valence-corrected chi connectivity index (χ3v) is 5.35. The minimum absolute atomic E-state index is 0.206. The Balaban J connectivity index is 1.90. The molecule has 0 radical (unpaired) electrons. The molecule has 0 spiro atoms. The van der Waals surface area contributed by atoms with Gasteiger partial charge in [-0.3, -0.25) is 23.5 Å². The first kappa shape index (κ1) is 25.2. The van der Waals surface area contributed by atoms with E-state index < -0.39 is 5.97 Å². The van der Waals surface area contributed by atoms with Gasteiger partial charge < -0.3 is 15.0 Å². The molecular formula is C22H24ClN3O5S. The molecule has 170 valence electrons. The Morgan fingerprint density at radius 1 is 1.09 bits per heavy atom. The molecule has 0 saturated carbocycles. The molecule has 0 unspecified atom stereocenters. The molecule has 1 N–H and O–H groups in total. The fourth-order valence-corrected chi connectivity index (χ4v) is 3.56. The lowest BCUT2D eigenvalue weighted by Crippen LogP contribution is -2.27. The van der Waals surface area contributed by atoms with Crippen LogP contribution in [0.2, 0.25) is 0 Å². The summed E-state index contributed by atoms with van der Waals surface area (Å²) in [7, 11) is 1.65. The van der Waals surface area contributed by atoms with Gasteiger partial charge in [-0.05, 0) is 23.3 Å². The number of amides is 3. The number of benzene rings is 2. The smallest absolute Gasteiger partial charge is 0.308 e. The molecule has 8 nitrogen and oxygen atoms in total. The maximum Gasteiger partial charge on any atom is 0.308 e. The number of carbonyl (C=O) groups excluding carboxylic acids is 4. The quantitative estimate of drug-likeness (QED) is 0.185. The number of esters is 1. The molecule has 0 aliphatic heterocycles. The van der Waals surface area contributed by atoms with Crippen LogP contribution in [-0.4, -0.2) is 52.2 Å². The van der Waals surface area contributed by atoms with Crippen molar-refractivity contribution in [3.05, 3.63) is 65.2 Å². The first-order valence-corrected chi connectivity index (χ1v) is 11.0. The molecule has 3 amide bonds. The number of rotatable bonds is 10. The van der Waals surface area contributed by atoms with Gasteiger partial charge in [-0.2, -0.15) is 0 Å². The second-order valence-electron chi connectivity index (χ2n) is 6.74. The Labute approximate surface area is 196 Å². The summed E-state index contributed by atoms with van der Waals surface area (Å²) in [5.74, 6) is -0.404. The van der Waals surface area contributed by atoms with Crippen LogP contribution in [0.5, 0.6) is 5.75 Å². The number of halogens is 1. The van der Waals surface area contributed by atoms with Gasteiger partial charge in [-0.25, -0.2) is 0 Å². The molecular weight excluding hydrogens is 454 g/mol. The van der Waals surface area contributed by atoms with Gasteiger partial charge >= 0.3 is 11.2 Å². The van der Waals surface area contributed by atoms with Crippen molar-refractivity contribution in [3.8, 4) is 5.75 Å². The largest absolute Gasteiger partial charge is 0.426 e. The van der Waals surface area contributed by atoms with Gasteiger partial charge in [0, 0.05) is 39.5 Å². The average Bonchev–Trinajstić information content (AvgIpc) is 2.78. The van der Waals surface area contributed by atoms with Crippen LogP contribution < -0.4 is 10.1 Å². The number of para-hydroxylation sites is 1. The molecule has 0 fully saturated rings.